The van der Waals surface area contributed by atoms with Crippen molar-refractivity contribution in [3.8, 4) is 34.1 Å². The fraction of sp³-hybridized carbons (Fsp3) is 0.371. The highest BCUT2D eigenvalue weighted by Gasteiger charge is 2.48. The Hall–Kier alpha value is -5.34. The molecule has 8 rings (SSSR count). The number of aromatic hydroxyl groups is 4. The molecule has 0 aromatic heterocycles. The number of ether oxygens (including phenoxy) is 4. The molecule has 2 saturated heterocycles. The lowest BCUT2D eigenvalue weighted by Crippen LogP contribution is -2.41. The lowest BCUT2D eigenvalue weighted by Gasteiger charge is -2.33. The van der Waals surface area contributed by atoms with Crippen LogP contribution in [0.2, 0.25) is 0 Å². The molecule has 6 unspecified atom stereocenters. The van der Waals surface area contributed by atoms with Gasteiger partial charge in [0.25, 0.3) is 0 Å². The second kappa shape index (κ2) is 10.1. The summed E-state index contributed by atoms with van der Waals surface area (Å²) >= 11 is 0. The molecule has 0 saturated carbocycles. The van der Waals surface area contributed by atoms with Crippen LogP contribution in [0.5, 0.6) is 23.0 Å². The second-order valence-corrected chi connectivity index (χ2v) is 13.3. The molecule has 49 heavy (non-hydrogen) atoms. The number of fused-ring (bicyclic) bond motifs is 7. The molecule has 6 atom stereocenters. The first-order valence-electron chi connectivity index (χ1n) is 15.7. The Balaban J connectivity index is 1.48. The van der Waals surface area contributed by atoms with Crippen LogP contribution in [0.1, 0.15) is 98.7 Å². The van der Waals surface area contributed by atoms with Gasteiger partial charge in [0.05, 0.1) is 51.8 Å². The summed E-state index contributed by atoms with van der Waals surface area (Å²) in [6, 6.07) is 0.910. The summed E-state index contributed by atoms with van der Waals surface area (Å²) in [6.45, 7) is 6.11. The Morgan fingerprint density at radius 3 is 1.73 bits per heavy atom. The molecule has 2 fully saturated rings. The van der Waals surface area contributed by atoms with Gasteiger partial charge in [-0.2, -0.15) is 0 Å². The maximum absolute atomic E-state index is 14.5. The van der Waals surface area contributed by atoms with Crippen molar-refractivity contribution in [2.24, 2.45) is 0 Å². The van der Waals surface area contributed by atoms with E-state index in [4.69, 9.17) is 18.9 Å². The molecule has 2 aromatic carbocycles. The highest BCUT2D eigenvalue weighted by molar-refractivity contribution is 6.07. The van der Waals surface area contributed by atoms with Gasteiger partial charge < -0.3 is 39.4 Å². The fourth-order valence-electron chi connectivity index (χ4n) is 8.18. The summed E-state index contributed by atoms with van der Waals surface area (Å²) in [5.74, 6) is -4.86. The second-order valence-electron chi connectivity index (χ2n) is 13.3. The van der Waals surface area contributed by atoms with Gasteiger partial charge in [0, 0.05) is 33.4 Å². The van der Waals surface area contributed by atoms with E-state index < -0.39 is 132 Å². The third-order valence-electron chi connectivity index (χ3n) is 10.1. The van der Waals surface area contributed by atoms with E-state index >= 15 is 0 Å². The maximum atomic E-state index is 14.5. The van der Waals surface area contributed by atoms with E-state index in [9.17, 15) is 49.2 Å². The molecule has 2 aliphatic carbocycles. The minimum atomic E-state index is -1.24. The lowest BCUT2D eigenvalue weighted by molar-refractivity contribution is -0.144. The standard InChI is InChI=1S/C35H28O14/c1-8(2)17-20(31(43)24-23(28(17)40)33(45)26-19(30(24)42)10(4)47-14-7-16(38)49-35(14)26)11-5-12(36)21-22(27(11)39)29(41)18-9(3)46-13-6-15(37)48-34(13)25(18)32(21)44/h5,8-10,13-14,34-36,39,41,44H,6-7H2,1-4H3. The van der Waals surface area contributed by atoms with Gasteiger partial charge in [-0.1, -0.05) is 13.8 Å². The highest BCUT2D eigenvalue weighted by Crippen LogP contribution is 2.57. The largest absolute Gasteiger partial charge is 0.507 e. The molecular formula is C35H28O14. The van der Waals surface area contributed by atoms with Crippen molar-refractivity contribution in [2.75, 3.05) is 0 Å². The van der Waals surface area contributed by atoms with Gasteiger partial charge in [-0.05, 0) is 25.8 Å². The number of carbonyl (C=O) groups excluding carboxylic acids is 2. The molecule has 0 amide bonds. The van der Waals surface area contributed by atoms with Crippen LogP contribution in [0, 0.1) is 10.4 Å². The van der Waals surface area contributed by atoms with Crippen LogP contribution < -0.4 is 21.7 Å². The van der Waals surface area contributed by atoms with Gasteiger partial charge in [-0.3, -0.25) is 28.8 Å². The highest BCUT2D eigenvalue weighted by atomic mass is 16.6. The first kappa shape index (κ1) is 31.0. The van der Waals surface area contributed by atoms with E-state index in [1.807, 2.05) is 0 Å². The van der Waals surface area contributed by atoms with E-state index in [2.05, 4.69) is 0 Å². The number of esters is 2. The number of phenolic OH excluding ortho intramolecular Hbond substituents is 4. The van der Waals surface area contributed by atoms with E-state index in [1.54, 1.807) is 20.8 Å². The Kier molecular flexibility index (Phi) is 6.38. The summed E-state index contributed by atoms with van der Waals surface area (Å²) in [5.41, 5.74) is -5.72. The molecule has 14 nitrogen and oxygen atoms in total. The molecule has 6 aliphatic rings. The van der Waals surface area contributed by atoms with Crippen molar-refractivity contribution in [3.05, 3.63) is 85.2 Å². The van der Waals surface area contributed by atoms with Crippen molar-refractivity contribution in [1.82, 2.24) is 0 Å². The van der Waals surface area contributed by atoms with Crippen LogP contribution in [0.15, 0.2) is 25.2 Å². The number of benzene rings is 2. The quantitative estimate of drug-likeness (QED) is 0.178. The molecule has 4 aliphatic heterocycles. The van der Waals surface area contributed by atoms with E-state index in [0.717, 1.165) is 6.07 Å². The average Bonchev–Trinajstić information content (AvgIpc) is 3.58. The van der Waals surface area contributed by atoms with Gasteiger partial charge in [-0.15, -0.1) is 0 Å². The lowest BCUT2D eigenvalue weighted by atomic mass is 9.83. The summed E-state index contributed by atoms with van der Waals surface area (Å²) < 4.78 is 22.3. The van der Waals surface area contributed by atoms with Gasteiger partial charge in [0.1, 0.15) is 35.2 Å². The number of phenols is 4. The van der Waals surface area contributed by atoms with Crippen LogP contribution in [-0.2, 0) is 28.5 Å². The molecule has 0 radical (unpaired) electrons. The molecule has 4 N–H and O–H groups in total. The number of rotatable bonds is 2. The average molecular weight is 673 g/mol. The molecular weight excluding hydrogens is 644 g/mol. The van der Waals surface area contributed by atoms with E-state index in [0.29, 0.717) is 0 Å². The third-order valence-corrected chi connectivity index (χ3v) is 10.1. The molecule has 0 spiro atoms. The Morgan fingerprint density at radius 2 is 1.14 bits per heavy atom. The van der Waals surface area contributed by atoms with Crippen LogP contribution in [0.4, 0.5) is 0 Å². The molecule has 14 heteroatoms. The van der Waals surface area contributed by atoms with Crippen molar-refractivity contribution in [1.29, 1.82) is 0 Å². The Bertz CT molecular complexity index is 2510. The smallest absolute Gasteiger partial charge is 0.309 e. The number of hydrogen-bond donors (Lipinski definition) is 4. The first-order valence-corrected chi connectivity index (χ1v) is 15.7. The van der Waals surface area contributed by atoms with Crippen molar-refractivity contribution >= 4 is 22.7 Å². The molecule has 0 bridgehead atoms. The van der Waals surface area contributed by atoms with Gasteiger partial charge in [0.2, 0.25) is 0 Å². The topological polar surface area (TPSA) is 220 Å². The van der Waals surface area contributed by atoms with Crippen molar-refractivity contribution in [3.63, 3.8) is 0 Å². The van der Waals surface area contributed by atoms with E-state index in [-0.39, 0.29) is 40.7 Å². The minimum Gasteiger partial charge on any atom is -0.507 e. The van der Waals surface area contributed by atoms with Gasteiger partial charge in [-0.25, -0.2) is 0 Å². The number of carbonyl (C=O) groups is 2. The van der Waals surface area contributed by atoms with Crippen LogP contribution in [-0.4, -0.2) is 44.6 Å². The van der Waals surface area contributed by atoms with Crippen LogP contribution in [0.25, 0.3) is 21.9 Å². The minimum absolute atomic E-state index is 0.0164. The Labute approximate surface area is 274 Å². The predicted molar refractivity (Wildman–Crippen MR) is 166 cm³/mol. The first-order chi connectivity index (χ1) is 23.1. The summed E-state index contributed by atoms with van der Waals surface area (Å²) in [4.78, 5) is 81.0. The van der Waals surface area contributed by atoms with Gasteiger partial charge in [0.15, 0.2) is 33.9 Å². The normalized spacial score (nSPS) is 25.7. The van der Waals surface area contributed by atoms with Crippen molar-refractivity contribution < 1.29 is 49.0 Å². The van der Waals surface area contributed by atoms with Gasteiger partial charge >= 0.3 is 11.9 Å². The maximum Gasteiger partial charge on any atom is 0.309 e. The summed E-state index contributed by atoms with van der Waals surface area (Å²) in [6.07, 6.45) is -6.23. The third kappa shape index (κ3) is 3.89. The summed E-state index contributed by atoms with van der Waals surface area (Å²) in [5, 5.41) is 43.7. The SMILES string of the molecule is CC(C)c1c(-c2cc(O)c3c(O)c4c(c(O)c3c2O)C(C)OC2CC(=O)OC42)c(=O)c2c(=O)c3c(c(=O)c=2c1=O)C1OC(=O)CC1OC3C. The van der Waals surface area contributed by atoms with Crippen molar-refractivity contribution in [2.45, 2.75) is 83.1 Å². The fourth-order valence-corrected chi connectivity index (χ4v) is 8.18. The zero-order chi connectivity index (χ0) is 35.1. The zero-order valence-electron chi connectivity index (χ0n) is 26.4. The molecule has 4 heterocycles. The molecule has 252 valence electrons. The van der Waals surface area contributed by atoms with E-state index in [1.165, 1.54) is 6.92 Å². The predicted octanol–water partition coefficient (Wildman–Crippen LogP) is 2.39. The van der Waals surface area contributed by atoms with Crippen LogP contribution >= 0.6 is 0 Å². The number of hydrogen-bond acceptors (Lipinski definition) is 14. The van der Waals surface area contributed by atoms with Crippen LogP contribution in [0.3, 0.4) is 0 Å². The monoisotopic (exact) mass is 672 g/mol. The Morgan fingerprint density at radius 1 is 0.633 bits per heavy atom. The molecule has 2 aromatic rings. The summed E-state index contributed by atoms with van der Waals surface area (Å²) in [7, 11) is 0. The zero-order valence-corrected chi connectivity index (χ0v) is 26.4.